The Kier molecular flexibility index (Phi) is 4.79. The highest BCUT2D eigenvalue weighted by Gasteiger charge is 2.29. The number of hydrogen-bond acceptors (Lipinski definition) is 4. The van der Waals surface area contributed by atoms with Crippen molar-refractivity contribution in [2.45, 2.75) is 30.6 Å². The van der Waals surface area contributed by atoms with Gasteiger partial charge in [0.25, 0.3) is 5.91 Å². The van der Waals surface area contributed by atoms with Crippen LogP contribution in [-0.2, 0) is 0 Å². The molecule has 1 amide bonds. The monoisotopic (exact) mass is 414 g/mol. The average Bonchev–Trinajstić information content (AvgIpc) is 3.57. The van der Waals surface area contributed by atoms with Crippen LogP contribution in [0.4, 0.5) is 5.69 Å². The molecule has 0 atom stereocenters. The third-order valence-corrected chi connectivity index (χ3v) is 6.13. The topological polar surface area (TPSA) is 59.8 Å². The maximum absolute atomic E-state index is 13.3. The normalized spacial score (nSPS) is 13.5. The molecule has 0 unspecified atom stereocenters. The van der Waals surface area contributed by atoms with Crippen LogP contribution in [0.15, 0.2) is 65.6 Å². The summed E-state index contributed by atoms with van der Waals surface area (Å²) in [6.07, 6.45) is 4.26. The second kappa shape index (κ2) is 7.61. The van der Waals surface area contributed by atoms with E-state index in [0.29, 0.717) is 11.5 Å². The van der Waals surface area contributed by atoms with Gasteiger partial charge < -0.3 is 5.32 Å². The van der Waals surface area contributed by atoms with Crippen molar-refractivity contribution in [3.63, 3.8) is 0 Å². The first kappa shape index (κ1) is 18.9. The number of amides is 1. The van der Waals surface area contributed by atoms with Crippen molar-refractivity contribution in [1.29, 1.82) is 0 Å². The van der Waals surface area contributed by atoms with Gasteiger partial charge in [0.05, 0.1) is 22.3 Å². The predicted octanol–water partition coefficient (Wildman–Crippen LogP) is 5.58. The SMILES string of the molecule is CSc1cccc(NC(=O)c2cc(C3CC3)nc3c2c(C)nn3-c2ccccc2)c1. The van der Waals surface area contributed by atoms with Crippen LogP contribution >= 0.6 is 11.8 Å². The summed E-state index contributed by atoms with van der Waals surface area (Å²) in [6, 6.07) is 19.8. The van der Waals surface area contributed by atoms with E-state index in [2.05, 4.69) is 5.32 Å². The van der Waals surface area contributed by atoms with Crippen molar-refractivity contribution >= 4 is 34.4 Å². The Hall–Kier alpha value is -3.12. The smallest absolute Gasteiger partial charge is 0.256 e. The molecule has 1 fully saturated rings. The van der Waals surface area contributed by atoms with Gasteiger partial charge in [-0.05, 0) is 62.4 Å². The average molecular weight is 415 g/mol. The van der Waals surface area contributed by atoms with E-state index in [0.717, 1.165) is 51.5 Å². The van der Waals surface area contributed by atoms with Crippen molar-refractivity contribution in [2.75, 3.05) is 11.6 Å². The van der Waals surface area contributed by atoms with Gasteiger partial charge in [-0.2, -0.15) is 5.10 Å². The molecule has 5 rings (SSSR count). The molecule has 1 N–H and O–H groups in total. The van der Waals surface area contributed by atoms with Crippen LogP contribution in [0.2, 0.25) is 0 Å². The third kappa shape index (κ3) is 3.48. The van der Waals surface area contributed by atoms with Crippen molar-refractivity contribution in [3.05, 3.63) is 77.6 Å². The number of carbonyl (C=O) groups is 1. The predicted molar refractivity (Wildman–Crippen MR) is 122 cm³/mol. The number of fused-ring (bicyclic) bond motifs is 1. The summed E-state index contributed by atoms with van der Waals surface area (Å²) < 4.78 is 1.85. The zero-order valence-electron chi connectivity index (χ0n) is 16.9. The fraction of sp³-hybridized carbons (Fsp3) is 0.208. The molecule has 30 heavy (non-hydrogen) atoms. The van der Waals surface area contributed by atoms with Gasteiger partial charge in [-0.3, -0.25) is 4.79 Å². The van der Waals surface area contributed by atoms with E-state index in [1.165, 1.54) is 0 Å². The minimum Gasteiger partial charge on any atom is -0.322 e. The number of para-hydroxylation sites is 1. The maximum Gasteiger partial charge on any atom is 0.256 e. The molecule has 2 heterocycles. The number of aryl methyl sites for hydroxylation is 1. The molecule has 1 saturated carbocycles. The third-order valence-electron chi connectivity index (χ3n) is 5.40. The van der Waals surface area contributed by atoms with Crippen LogP contribution in [0.5, 0.6) is 0 Å². The molecule has 1 aliphatic carbocycles. The summed E-state index contributed by atoms with van der Waals surface area (Å²) >= 11 is 1.65. The van der Waals surface area contributed by atoms with Crippen LogP contribution in [0, 0.1) is 6.92 Å². The first-order valence-electron chi connectivity index (χ1n) is 10.0. The molecule has 6 heteroatoms. The largest absolute Gasteiger partial charge is 0.322 e. The van der Waals surface area contributed by atoms with E-state index in [-0.39, 0.29) is 5.91 Å². The molecule has 0 radical (unpaired) electrons. The summed E-state index contributed by atoms with van der Waals surface area (Å²) in [5.41, 5.74) is 4.88. The highest BCUT2D eigenvalue weighted by molar-refractivity contribution is 7.98. The molecular weight excluding hydrogens is 392 g/mol. The van der Waals surface area contributed by atoms with E-state index < -0.39 is 0 Å². The second-order valence-electron chi connectivity index (χ2n) is 7.59. The molecule has 0 aliphatic heterocycles. The van der Waals surface area contributed by atoms with Gasteiger partial charge in [0, 0.05) is 22.2 Å². The van der Waals surface area contributed by atoms with Gasteiger partial charge in [0.15, 0.2) is 5.65 Å². The van der Waals surface area contributed by atoms with E-state index >= 15 is 0 Å². The first-order valence-corrected chi connectivity index (χ1v) is 11.3. The molecule has 2 aromatic carbocycles. The van der Waals surface area contributed by atoms with E-state index in [1.807, 2.05) is 78.5 Å². The van der Waals surface area contributed by atoms with Crippen LogP contribution in [0.3, 0.4) is 0 Å². The minimum absolute atomic E-state index is 0.127. The Morgan fingerprint density at radius 3 is 2.63 bits per heavy atom. The highest BCUT2D eigenvalue weighted by Crippen LogP contribution is 2.40. The summed E-state index contributed by atoms with van der Waals surface area (Å²) in [6.45, 7) is 1.94. The van der Waals surface area contributed by atoms with Gasteiger partial charge in [0.1, 0.15) is 0 Å². The number of rotatable bonds is 5. The number of aromatic nitrogens is 3. The highest BCUT2D eigenvalue weighted by atomic mass is 32.2. The van der Waals surface area contributed by atoms with Crippen LogP contribution in [0.1, 0.15) is 40.5 Å². The van der Waals surface area contributed by atoms with Gasteiger partial charge in [-0.15, -0.1) is 11.8 Å². The molecule has 0 saturated heterocycles. The van der Waals surface area contributed by atoms with Gasteiger partial charge in [-0.1, -0.05) is 24.3 Å². The van der Waals surface area contributed by atoms with Crippen molar-refractivity contribution in [1.82, 2.24) is 14.8 Å². The van der Waals surface area contributed by atoms with E-state index in [1.54, 1.807) is 11.8 Å². The Balaban J connectivity index is 1.63. The summed E-state index contributed by atoms with van der Waals surface area (Å²) in [7, 11) is 0. The van der Waals surface area contributed by atoms with Crippen molar-refractivity contribution in [3.8, 4) is 5.69 Å². The van der Waals surface area contributed by atoms with Crippen LogP contribution in [0.25, 0.3) is 16.7 Å². The number of benzene rings is 2. The Morgan fingerprint density at radius 2 is 1.90 bits per heavy atom. The summed E-state index contributed by atoms with van der Waals surface area (Å²) in [5.74, 6) is 0.304. The number of pyridine rings is 1. The quantitative estimate of drug-likeness (QED) is 0.433. The molecule has 0 bridgehead atoms. The van der Waals surface area contributed by atoms with Crippen molar-refractivity contribution < 1.29 is 4.79 Å². The molecule has 4 aromatic rings. The second-order valence-corrected chi connectivity index (χ2v) is 8.47. The number of carbonyl (C=O) groups excluding carboxylic acids is 1. The zero-order valence-corrected chi connectivity index (χ0v) is 17.7. The lowest BCUT2D eigenvalue weighted by molar-refractivity contribution is 0.102. The summed E-state index contributed by atoms with van der Waals surface area (Å²) in [5, 5.41) is 8.61. The Bertz CT molecular complexity index is 1250. The zero-order chi connectivity index (χ0) is 20.7. The van der Waals surface area contributed by atoms with Crippen LogP contribution in [-0.4, -0.2) is 26.9 Å². The van der Waals surface area contributed by atoms with Gasteiger partial charge in [0.2, 0.25) is 0 Å². The lowest BCUT2D eigenvalue weighted by atomic mass is 10.1. The first-order chi connectivity index (χ1) is 14.6. The molecule has 2 aromatic heterocycles. The molecule has 5 nitrogen and oxygen atoms in total. The molecule has 0 spiro atoms. The standard InChI is InChI=1S/C24H22N4OS/c1-15-22-20(24(29)25-17-7-6-10-19(13-17)30-2)14-21(16-11-12-16)26-23(22)28(27-15)18-8-4-3-5-9-18/h3-10,13-14,16H,11-12H2,1-2H3,(H,25,29). The fourth-order valence-electron chi connectivity index (χ4n) is 3.72. The summed E-state index contributed by atoms with van der Waals surface area (Å²) in [4.78, 5) is 19.4. The molecule has 1 aliphatic rings. The number of nitrogens with zero attached hydrogens (tertiary/aromatic N) is 3. The Morgan fingerprint density at radius 1 is 1.10 bits per heavy atom. The Labute approximate surface area is 179 Å². The molecular formula is C24H22N4OS. The number of hydrogen-bond donors (Lipinski definition) is 1. The van der Waals surface area contributed by atoms with Crippen LogP contribution < -0.4 is 5.32 Å². The van der Waals surface area contributed by atoms with E-state index in [9.17, 15) is 4.79 Å². The van der Waals surface area contributed by atoms with Gasteiger partial charge in [-0.25, -0.2) is 9.67 Å². The lowest BCUT2D eigenvalue weighted by Crippen LogP contribution is -2.14. The van der Waals surface area contributed by atoms with Crippen molar-refractivity contribution in [2.24, 2.45) is 0 Å². The van der Waals surface area contributed by atoms with E-state index in [4.69, 9.17) is 10.1 Å². The lowest BCUT2D eigenvalue weighted by Gasteiger charge is -2.10. The maximum atomic E-state index is 13.3. The number of thioether (sulfide) groups is 1. The number of anilines is 1. The number of nitrogens with one attached hydrogen (secondary N) is 1. The minimum atomic E-state index is -0.127. The fourth-order valence-corrected chi connectivity index (χ4v) is 4.18. The molecule has 150 valence electrons. The van der Waals surface area contributed by atoms with Gasteiger partial charge >= 0.3 is 0 Å².